The number of esters is 1. The van der Waals surface area contributed by atoms with E-state index in [0.29, 0.717) is 12.0 Å². The number of carbonyl (C=O) groups excluding carboxylic acids is 1. The minimum absolute atomic E-state index is 0.0527. The summed E-state index contributed by atoms with van der Waals surface area (Å²) in [6.07, 6.45) is 2.20. The van der Waals surface area contributed by atoms with E-state index < -0.39 is 0 Å². The minimum Gasteiger partial charge on any atom is -0.464 e. The van der Waals surface area contributed by atoms with Gasteiger partial charge < -0.3 is 4.74 Å². The molecule has 0 aromatic heterocycles. The summed E-state index contributed by atoms with van der Waals surface area (Å²) in [5.74, 6) is 1.20. The highest BCUT2D eigenvalue weighted by Gasteiger charge is 2.69. The first-order chi connectivity index (χ1) is 4.75. The summed E-state index contributed by atoms with van der Waals surface area (Å²) in [6.45, 7) is 0.695. The average molecular weight is 156 g/mol. The van der Waals surface area contributed by atoms with Crippen molar-refractivity contribution in [2.24, 2.45) is 5.41 Å². The van der Waals surface area contributed by atoms with Crippen molar-refractivity contribution < 1.29 is 9.53 Å². The molecule has 2 nitrogen and oxygen atoms in total. The average Bonchev–Trinajstić information content (AvgIpc) is 2.32. The van der Waals surface area contributed by atoms with Crippen molar-refractivity contribution in [1.29, 1.82) is 0 Å². The van der Waals surface area contributed by atoms with Crippen LogP contribution in [0.5, 0.6) is 0 Å². The van der Waals surface area contributed by atoms with Gasteiger partial charge in [-0.1, -0.05) is 0 Å². The monoisotopic (exact) mass is 156 g/mol. The van der Waals surface area contributed by atoms with Crippen molar-refractivity contribution in [3.63, 3.8) is 0 Å². The highest BCUT2D eigenvalue weighted by Crippen LogP contribution is 2.68. The van der Waals surface area contributed by atoms with E-state index in [2.05, 4.69) is 0 Å². The molecule has 5 aliphatic rings. The summed E-state index contributed by atoms with van der Waals surface area (Å²) in [7, 11) is 0. The molecule has 1 aliphatic carbocycles. The number of rotatable bonds is 0. The molecule has 0 aromatic rings. The van der Waals surface area contributed by atoms with Gasteiger partial charge in [-0.15, -0.1) is 11.8 Å². The number of carbonyl (C=O) groups is 1. The zero-order chi connectivity index (χ0) is 6.82. The minimum atomic E-state index is -0.0573. The van der Waals surface area contributed by atoms with Crippen LogP contribution in [0.1, 0.15) is 12.8 Å². The lowest BCUT2D eigenvalue weighted by Gasteiger charge is -2.48. The second-order valence-corrected chi connectivity index (χ2v) is 5.07. The van der Waals surface area contributed by atoms with Gasteiger partial charge in [-0.05, 0) is 12.8 Å². The number of fused-ring (bicyclic) bond motifs is 3. The molecular formula is C7H8O2S. The Morgan fingerprint density at radius 3 is 3.00 bits per heavy atom. The van der Waals surface area contributed by atoms with Crippen LogP contribution in [0.4, 0.5) is 0 Å². The Balaban J connectivity index is 2.09. The zero-order valence-electron chi connectivity index (χ0n) is 5.55. The van der Waals surface area contributed by atoms with Gasteiger partial charge in [0.1, 0.15) is 4.75 Å². The summed E-state index contributed by atoms with van der Waals surface area (Å²) >= 11 is 1.81. The molecule has 0 unspecified atom stereocenters. The molecular weight excluding hydrogens is 148 g/mol. The van der Waals surface area contributed by atoms with Crippen LogP contribution in [0.3, 0.4) is 0 Å². The topological polar surface area (TPSA) is 26.3 Å². The highest BCUT2D eigenvalue weighted by molar-refractivity contribution is 8.02. The van der Waals surface area contributed by atoms with E-state index in [9.17, 15) is 4.79 Å². The molecule has 0 amide bonds. The quantitative estimate of drug-likeness (QED) is 0.485. The number of thioether (sulfide) groups is 1. The van der Waals surface area contributed by atoms with E-state index in [4.69, 9.17) is 4.74 Å². The van der Waals surface area contributed by atoms with Gasteiger partial charge in [0.15, 0.2) is 0 Å². The Kier molecular flexibility index (Phi) is 0.680. The predicted molar refractivity (Wildman–Crippen MR) is 37.8 cm³/mol. The van der Waals surface area contributed by atoms with Crippen LogP contribution >= 0.6 is 11.8 Å². The molecule has 0 atom stereocenters. The van der Waals surface area contributed by atoms with Gasteiger partial charge in [0.05, 0.1) is 6.61 Å². The maximum atomic E-state index is 11.2. The largest absolute Gasteiger partial charge is 0.464 e. The highest BCUT2D eigenvalue weighted by atomic mass is 32.2. The maximum absolute atomic E-state index is 11.2. The van der Waals surface area contributed by atoms with Crippen molar-refractivity contribution in [2.75, 3.05) is 12.4 Å². The first-order valence-corrected chi connectivity index (χ1v) is 4.55. The SMILES string of the molecule is O=C1OCC23CSC1(C2)C3. The zero-order valence-corrected chi connectivity index (χ0v) is 6.37. The molecule has 5 rings (SSSR count). The van der Waals surface area contributed by atoms with E-state index >= 15 is 0 Å². The third kappa shape index (κ3) is 0.383. The summed E-state index contributed by atoms with van der Waals surface area (Å²) in [4.78, 5) is 11.2. The second kappa shape index (κ2) is 1.24. The summed E-state index contributed by atoms with van der Waals surface area (Å²) < 4.78 is 4.99. The summed E-state index contributed by atoms with van der Waals surface area (Å²) in [5.41, 5.74) is 0.429. The molecule has 0 N–H and O–H groups in total. The maximum Gasteiger partial charge on any atom is 0.322 e. The van der Waals surface area contributed by atoms with Crippen molar-refractivity contribution in [3.8, 4) is 0 Å². The Hall–Kier alpha value is -0.180. The van der Waals surface area contributed by atoms with Crippen molar-refractivity contribution in [1.82, 2.24) is 0 Å². The van der Waals surface area contributed by atoms with Gasteiger partial charge in [-0.25, -0.2) is 0 Å². The lowest BCUT2D eigenvalue weighted by atomic mass is 9.62. The third-order valence-electron chi connectivity index (χ3n) is 2.86. The van der Waals surface area contributed by atoms with E-state index in [1.165, 1.54) is 0 Å². The van der Waals surface area contributed by atoms with Crippen LogP contribution in [0.2, 0.25) is 0 Å². The number of hydrogen-bond donors (Lipinski definition) is 0. The lowest BCUT2D eigenvalue weighted by molar-refractivity contribution is -0.170. The van der Waals surface area contributed by atoms with Gasteiger partial charge in [-0.3, -0.25) is 4.79 Å². The molecule has 3 heteroatoms. The van der Waals surface area contributed by atoms with Crippen LogP contribution in [0.25, 0.3) is 0 Å². The Bertz CT molecular complexity index is 218. The molecule has 0 radical (unpaired) electrons. The Labute approximate surface area is 63.3 Å². The molecule has 0 aromatic carbocycles. The first-order valence-electron chi connectivity index (χ1n) is 3.56. The van der Waals surface area contributed by atoms with Crippen molar-refractivity contribution >= 4 is 17.7 Å². The fraction of sp³-hybridized carbons (Fsp3) is 0.857. The summed E-state index contributed by atoms with van der Waals surface area (Å²) in [6, 6.07) is 0. The smallest absolute Gasteiger partial charge is 0.322 e. The number of hydrogen-bond acceptors (Lipinski definition) is 3. The van der Waals surface area contributed by atoms with Crippen LogP contribution in [-0.2, 0) is 9.53 Å². The van der Waals surface area contributed by atoms with Gasteiger partial charge >= 0.3 is 5.97 Å². The van der Waals surface area contributed by atoms with Gasteiger partial charge in [0, 0.05) is 11.2 Å². The molecule has 4 saturated heterocycles. The Morgan fingerprint density at radius 1 is 1.50 bits per heavy atom. The Morgan fingerprint density at radius 2 is 2.30 bits per heavy atom. The summed E-state index contributed by atoms with van der Waals surface area (Å²) in [5, 5.41) is 0. The molecule has 54 valence electrons. The molecule has 5 fully saturated rings. The number of ether oxygens (including phenoxy) is 1. The van der Waals surface area contributed by atoms with E-state index in [1.54, 1.807) is 0 Å². The molecule has 0 spiro atoms. The van der Waals surface area contributed by atoms with Crippen LogP contribution in [0.15, 0.2) is 0 Å². The standard InChI is InChI=1S/C7H8O2S/c8-5-7-1-6(2-7,3-9-5)4-10-7/h1-4H2. The van der Waals surface area contributed by atoms with Gasteiger partial charge in [0.25, 0.3) is 0 Å². The third-order valence-corrected chi connectivity index (χ3v) is 4.62. The second-order valence-electron chi connectivity index (χ2n) is 3.71. The van der Waals surface area contributed by atoms with Crippen LogP contribution in [-0.4, -0.2) is 23.1 Å². The normalized spacial score (nSPS) is 55.8. The lowest BCUT2D eigenvalue weighted by Crippen LogP contribution is -2.56. The van der Waals surface area contributed by atoms with E-state index in [-0.39, 0.29) is 10.7 Å². The van der Waals surface area contributed by atoms with Crippen LogP contribution in [0, 0.1) is 5.41 Å². The van der Waals surface area contributed by atoms with Crippen LogP contribution < -0.4 is 0 Å². The van der Waals surface area contributed by atoms with Crippen molar-refractivity contribution in [2.45, 2.75) is 17.6 Å². The predicted octanol–water partition coefficient (Wildman–Crippen LogP) is 0.809. The molecule has 4 aliphatic heterocycles. The van der Waals surface area contributed by atoms with E-state index in [1.807, 2.05) is 11.8 Å². The van der Waals surface area contributed by atoms with Gasteiger partial charge in [-0.2, -0.15) is 0 Å². The van der Waals surface area contributed by atoms with Crippen molar-refractivity contribution in [3.05, 3.63) is 0 Å². The fourth-order valence-corrected chi connectivity index (χ4v) is 4.22. The van der Waals surface area contributed by atoms with Gasteiger partial charge in [0.2, 0.25) is 0 Å². The molecule has 2 bridgehead atoms. The fourth-order valence-electron chi connectivity index (χ4n) is 2.35. The first kappa shape index (κ1) is 5.47. The van der Waals surface area contributed by atoms with E-state index in [0.717, 1.165) is 18.6 Å². The molecule has 4 heterocycles. The molecule has 10 heavy (non-hydrogen) atoms. The molecule has 1 saturated carbocycles.